The van der Waals surface area contributed by atoms with Crippen molar-refractivity contribution in [2.45, 2.75) is 63.5 Å². The Morgan fingerprint density at radius 2 is 1.58 bits per heavy atom. The molecule has 1 fully saturated rings. The molecule has 1 aromatic heterocycles. The molecular weight excluding hydrogens is 320 g/mol. The average Bonchev–Trinajstić information content (AvgIpc) is 2.97. The summed E-state index contributed by atoms with van der Waals surface area (Å²) in [6.45, 7) is 4.37. The van der Waals surface area contributed by atoms with Crippen LogP contribution in [0.5, 0.6) is 0 Å². The zero-order valence-corrected chi connectivity index (χ0v) is 13.7. The molecule has 1 heterocycles. The molecule has 0 saturated heterocycles. The number of nitrogens with one attached hydrogen (secondary N) is 1. The van der Waals surface area contributed by atoms with Gasteiger partial charge in [0.25, 0.3) is 0 Å². The molecule has 4 unspecified atom stereocenters. The van der Waals surface area contributed by atoms with Crippen LogP contribution in [0.25, 0.3) is 0 Å². The van der Waals surface area contributed by atoms with Crippen molar-refractivity contribution in [1.82, 2.24) is 20.3 Å². The first-order valence-electron chi connectivity index (χ1n) is 7.80. The third-order valence-electron chi connectivity index (χ3n) is 4.26. The highest BCUT2D eigenvalue weighted by Crippen LogP contribution is 2.22. The molecule has 0 amide bonds. The lowest BCUT2D eigenvalue weighted by molar-refractivity contribution is -0.190. The first kappa shape index (κ1) is 19.2. The van der Waals surface area contributed by atoms with Gasteiger partial charge in [-0.15, -0.1) is 5.10 Å². The van der Waals surface area contributed by atoms with Crippen molar-refractivity contribution in [3.8, 4) is 0 Å². The van der Waals surface area contributed by atoms with Gasteiger partial charge in [0.1, 0.15) is 30.5 Å². The fraction of sp³-hybridized carbons (Fsp3) is 0.857. The van der Waals surface area contributed by atoms with E-state index in [0.717, 1.165) is 0 Å². The summed E-state index contributed by atoms with van der Waals surface area (Å²) < 4.78 is 1.58. The fourth-order valence-corrected chi connectivity index (χ4v) is 2.68. The summed E-state index contributed by atoms with van der Waals surface area (Å²) >= 11 is 0. The second-order valence-electron chi connectivity index (χ2n) is 7.09. The summed E-state index contributed by atoms with van der Waals surface area (Å²) in [4.78, 5) is 0. The predicted octanol–water partition coefficient (Wildman–Crippen LogP) is -3.43. The van der Waals surface area contributed by atoms with Crippen molar-refractivity contribution in [1.29, 1.82) is 0 Å². The van der Waals surface area contributed by atoms with Crippen molar-refractivity contribution in [2.24, 2.45) is 5.41 Å². The van der Waals surface area contributed by atoms with Gasteiger partial charge in [-0.1, -0.05) is 19.1 Å². The Labute approximate surface area is 139 Å². The van der Waals surface area contributed by atoms with Crippen LogP contribution in [-0.2, 0) is 13.1 Å². The minimum absolute atomic E-state index is 0.000987. The number of nitrogens with zero attached hydrogens (tertiary/aromatic N) is 3. The van der Waals surface area contributed by atoms with Crippen LogP contribution in [0.4, 0.5) is 0 Å². The van der Waals surface area contributed by atoms with Gasteiger partial charge in [-0.2, -0.15) is 0 Å². The summed E-state index contributed by atoms with van der Waals surface area (Å²) in [7, 11) is 0. The predicted molar refractivity (Wildman–Crippen MR) is 81.6 cm³/mol. The van der Waals surface area contributed by atoms with Gasteiger partial charge >= 0.3 is 0 Å². The van der Waals surface area contributed by atoms with Crippen LogP contribution in [0.3, 0.4) is 0 Å². The number of hydrogen-bond donors (Lipinski definition) is 7. The maximum atomic E-state index is 9.95. The third kappa shape index (κ3) is 4.09. The van der Waals surface area contributed by atoms with Crippen LogP contribution >= 0.6 is 0 Å². The van der Waals surface area contributed by atoms with E-state index >= 15 is 0 Å². The Morgan fingerprint density at radius 3 is 2.12 bits per heavy atom. The van der Waals surface area contributed by atoms with Gasteiger partial charge in [-0.3, -0.25) is 4.68 Å². The van der Waals surface area contributed by atoms with Crippen molar-refractivity contribution in [2.75, 3.05) is 6.61 Å². The Hall–Kier alpha value is -1.14. The lowest BCUT2D eigenvalue weighted by Crippen LogP contribution is -2.67. The van der Waals surface area contributed by atoms with Crippen LogP contribution < -0.4 is 5.32 Å². The Kier molecular flexibility index (Phi) is 5.91. The molecular formula is C14H26N4O6. The third-order valence-corrected chi connectivity index (χ3v) is 4.26. The van der Waals surface area contributed by atoms with Gasteiger partial charge < -0.3 is 36.0 Å². The molecule has 0 aliphatic heterocycles. The van der Waals surface area contributed by atoms with E-state index in [0.29, 0.717) is 12.2 Å². The smallest absolute Gasteiger partial charge is 0.111 e. The molecule has 2 rings (SSSR count). The molecule has 1 aliphatic carbocycles. The van der Waals surface area contributed by atoms with Crippen LogP contribution in [0.2, 0.25) is 0 Å². The highest BCUT2D eigenvalue weighted by molar-refractivity contribution is 5.03. The molecule has 24 heavy (non-hydrogen) atoms. The SMILES string of the molecule is CC(C)(CO)Cn1cc(CNC2C(O)C(O)C(O)C(O)C2O)nn1. The van der Waals surface area contributed by atoms with E-state index in [1.165, 1.54) is 0 Å². The van der Waals surface area contributed by atoms with E-state index < -0.39 is 36.6 Å². The number of rotatable bonds is 6. The molecule has 0 aromatic carbocycles. The number of aliphatic hydroxyl groups is 6. The molecule has 1 saturated carbocycles. The van der Waals surface area contributed by atoms with Crippen LogP contribution in [0, 0.1) is 5.41 Å². The van der Waals surface area contributed by atoms with E-state index in [1.807, 2.05) is 13.8 Å². The van der Waals surface area contributed by atoms with E-state index in [1.54, 1.807) is 10.9 Å². The molecule has 1 aromatic rings. The maximum absolute atomic E-state index is 9.95. The molecule has 7 N–H and O–H groups in total. The molecule has 4 atom stereocenters. The lowest BCUT2D eigenvalue weighted by Gasteiger charge is -2.42. The normalized spacial score (nSPS) is 34.5. The number of aromatic nitrogens is 3. The van der Waals surface area contributed by atoms with Crippen molar-refractivity contribution >= 4 is 0 Å². The Morgan fingerprint density at radius 1 is 1.04 bits per heavy atom. The molecule has 10 heteroatoms. The first-order chi connectivity index (χ1) is 11.2. The van der Waals surface area contributed by atoms with Crippen LogP contribution in [-0.4, -0.2) is 88.8 Å². The largest absolute Gasteiger partial charge is 0.396 e. The standard InChI is InChI=1S/C14H26N4O6/c1-14(2,6-19)5-18-4-7(16-17-18)3-15-8-9(20)11(22)13(24)12(23)10(8)21/h4,8-13,15,19-24H,3,5-6H2,1-2H3. The zero-order chi connectivity index (χ0) is 18.1. The van der Waals surface area contributed by atoms with Crippen molar-refractivity contribution in [3.05, 3.63) is 11.9 Å². The van der Waals surface area contributed by atoms with Crippen molar-refractivity contribution < 1.29 is 30.6 Å². The number of hydrogen-bond acceptors (Lipinski definition) is 9. The topological polar surface area (TPSA) is 164 Å². The van der Waals surface area contributed by atoms with E-state index in [9.17, 15) is 30.6 Å². The van der Waals surface area contributed by atoms with E-state index in [2.05, 4.69) is 15.6 Å². The molecule has 10 nitrogen and oxygen atoms in total. The summed E-state index contributed by atoms with van der Waals surface area (Å²) in [6.07, 6.45) is -5.98. The van der Waals surface area contributed by atoms with Gasteiger partial charge in [0, 0.05) is 31.3 Å². The summed E-state index contributed by atoms with van der Waals surface area (Å²) in [6, 6.07) is -1.03. The summed E-state index contributed by atoms with van der Waals surface area (Å²) in [5.74, 6) is 0. The number of aliphatic hydroxyl groups excluding tert-OH is 6. The average molecular weight is 346 g/mol. The second-order valence-corrected chi connectivity index (χ2v) is 7.09. The van der Waals surface area contributed by atoms with Gasteiger partial charge in [0.15, 0.2) is 0 Å². The highest BCUT2D eigenvalue weighted by Gasteiger charge is 2.47. The van der Waals surface area contributed by atoms with Crippen LogP contribution in [0.15, 0.2) is 6.20 Å². The highest BCUT2D eigenvalue weighted by atomic mass is 16.4. The quantitative estimate of drug-likeness (QED) is 0.278. The first-order valence-corrected chi connectivity index (χ1v) is 7.80. The molecule has 0 bridgehead atoms. The van der Waals surface area contributed by atoms with Gasteiger partial charge in [-0.25, -0.2) is 0 Å². The molecule has 138 valence electrons. The summed E-state index contributed by atoms with van der Waals surface area (Å²) in [5.41, 5.74) is 0.177. The molecule has 0 radical (unpaired) electrons. The lowest BCUT2D eigenvalue weighted by atomic mass is 9.83. The monoisotopic (exact) mass is 346 g/mol. The van der Waals surface area contributed by atoms with Gasteiger partial charge in [0.05, 0.1) is 11.7 Å². The minimum Gasteiger partial charge on any atom is -0.396 e. The van der Waals surface area contributed by atoms with E-state index in [4.69, 9.17) is 0 Å². The summed E-state index contributed by atoms with van der Waals surface area (Å²) in [5, 5.41) is 68.8. The zero-order valence-electron chi connectivity index (χ0n) is 13.7. The molecule has 0 spiro atoms. The fourth-order valence-electron chi connectivity index (χ4n) is 2.68. The Bertz CT molecular complexity index is 523. The van der Waals surface area contributed by atoms with Crippen molar-refractivity contribution in [3.63, 3.8) is 0 Å². The molecule has 1 aliphatic rings. The van der Waals surface area contributed by atoms with E-state index in [-0.39, 0.29) is 18.6 Å². The van der Waals surface area contributed by atoms with Gasteiger partial charge in [0.2, 0.25) is 0 Å². The minimum atomic E-state index is -1.62. The second kappa shape index (κ2) is 7.40. The van der Waals surface area contributed by atoms with Gasteiger partial charge in [-0.05, 0) is 0 Å². The Balaban J connectivity index is 1.97. The van der Waals surface area contributed by atoms with Crippen LogP contribution in [0.1, 0.15) is 19.5 Å². The maximum Gasteiger partial charge on any atom is 0.111 e.